The van der Waals surface area contributed by atoms with Gasteiger partial charge in [-0.3, -0.25) is 0 Å². The summed E-state index contributed by atoms with van der Waals surface area (Å²) in [5.41, 5.74) is 0.865. The van der Waals surface area contributed by atoms with Gasteiger partial charge in [-0.2, -0.15) is 0 Å². The van der Waals surface area contributed by atoms with E-state index < -0.39 is 0 Å². The summed E-state index contributed by atoms with van der Waals surface area (Å²) in [7, 11) is 0. The van der Waals surface area contributed by atoms with Crippen molar-refractivity contribution in [3.8, 4) is 4.97 Å². The molecule has 0 aliphatic carbocycles. The first kappa shape index (κ1) is 7.35. The Balaban J connectivity index is 2.64. The van der Waals surface area contributed by atoms with Crippen molar-refractivity contribution in [1.29, 1.82) is 5.26 Å². The van der Waals surface area contributed by atoms with Crippen LogP contribution in [0.1, 0.15) is 0 Å². The maximum absolute atomic E-state index is 8.54. The first-order chi connectivity index (χ1) is 5.92. The molecule has 0 atom stereocenters. The van der Waals surface area contributed by atoms with Gasteiger partial charge in [-0.1, -0.05) is 0 Å². The molecule has 0 spiro atoms. The van der Waals surface area contributed by atoms with Gasteiger partial charge in [0, 0.05) is 0 Å². The Labute approximate surface area is 75.6 Å². The van der Waals surface area contributed by atoms with Crippen LogP contribution in [0.5, 0.6) is 0 Å². The van der Waals surface area contributed by atoms with Crippen LogP contribution in [-0.2, 0) is 0 Å². The molecule has 58 valence electrons. The van der Waals surface area contributed by atoms with E-state index in [1.807, 2.05) is 18.3 Å². The van der Waals surface area contributed by atoms with Gasteiger partial charge in [0.2, 0.25) is 0 Å². The van der Waals surface area contributed by atoms with Gasteiger partial charge in [0.15, 0.2) is 0 Å². The molecule has 0 saturated heterocycles. The first-order valence-corrected chi connectivity index (χ1v) is 5.11. The molecule has 0 unspecified atom stereocenters. The van der Waals surface area contributed by atoms with Gasteiger partial charge in [-0.25, -0.2) is 0 Å². The molecule has 0 radical (unpaired) electrons. The van der Waals surface area contributed by atoms with Crippen LogP contribution in [0, 0.1) is 10.2 Å². The van der Waals surface area contributed by atoms with Crippen LogP contribution in [0.2, 0.25) is 0 Å². The Hall–Kier alpha value is -1.30. The Morgan fingerprint density at radius 2 is 2.50 bits per heavy atom. The number of H-pyrrole nitrogens is 1. The molecule has 0 aliphatic heterocycles. The van der Waals surface area contributed by atoms with Gasteiger partial charge in [0.1, 0.15) is 0 Å². The van der Waals surface area contributed by atoms with E-state index in [1.54, 1.807) is 6.20 Å². The van der Waals surface area contributed by atoms with Crippen LogP contribution < -0.4 is 4.46 Å². The molecule has 0 bridgehead atoms. The summed E-state index contributed by atoms with van der Waals surface area (Å²) < 4.78 is 1.08. The summed E-state index contributed by atoms with van der Waals surface area (Å²) in [5, 5.41) is 9.61. The number of aromatic nitrogens is 2. The third-order valence-electron chi connectivity index (χ3n) is 1.57. The van der Waals surface area contributed by atoms with Crippen LogP contribution in [0.25, 0.3) is 11.0 Å². The number of hydrogen-bond donors (Lipinski definition) is 1. The summed E-state index contributed by atoms with van der Waals surface area (Å²) in [5.74, 6) is 0. The van der Waals surface area contributed by atoms with E-state index in [2.05, 4.69) is 14.9 Å². The third-order valence-corrected chi connectivity index (χ3v) is 2.93. The van der Waals surface area contributed by atoms with E-state index in [4.69, 9.17) is 5.26 Å². The van der Waals surface area contributed by atoms with E-state index >= 15 is 0 Å². The van der Waals surface area contributed by atoms with Crippen molar-refractivity contribution in [2.24, 2.45) is 0 Å². The normalized spacial score (nSPS) is 9.92. The zero-order chi connectivity index (χ0) is 8.39. The van der Waals surface area contributed by atoms with Gasteiger partial charge in [-0.15, -0.1) is 0 Å². The summed E-state index contributed by atoms with van der Waals surface area (Å²) >= 11 is -0.0959. The number of hydrogen-bond acceptors (Lipinski definition) is 2. The summed E-state index contributed by atoms with van der Waals surface area (Å²) in [4.78, 5) is 9.33. The van der Waals surface area contributed by atoms with E-state index in [-0.39, 0.29) is 15.0 Å². The molecule has 3 nitrogen and oxygen atoms in total. The molecule has 2 aromatic rings. The van der Waals surface area contributed by atoms with Crippen molar-refractivity contribution in [2.75, 3.05) is 0 Å². The third kappa shape index (κ3) is 1.10. The van der Waals surface area contributed by atoms with Crippen LogP contribution in [0.3, 0.4) is 0 Å². The number of rotatable bonds is 1. The van der Waals surface area contributed by atoms with Crippen LogP contribution >= 0.6 is 0 Å². The number of pyridine rings is 1. The van der Waals surface area contributed by atoms with Crippen molar-refractivity contribution in [1.82, 2.24) is 9.97 Å². The van der Waals surface area contributed by atoms with Crippen LogP contribution in [0.15, 0.2) is 24.5 Å². The topological polar surface area (TPSA) is 52.5 Å². The zero-order valence-corrected chi connectivity index (χ0v) is 7.83. The predicted molar refractivity (Wildman–Crippen MR) is 47.1 cm³/mol. The van der Waals surface area contributed by atoms with Crippen molar-refractivity contribution in [3.63, 3.8) is 0 Å². The second kappa shape index (κ2) is 2.98. The summed E-state index contributed by atoms with van der Waals surface area (Å²) in [6, 6.07) is 3.86. The van der Waals surface area contributed by atoms with Crippen molar-refractivity contribution in [2.45, 2.75) is 0 Å². The van der Waals surface area contributed by atoms with E-state index in [1.165, 1.54) is 0 Å². The molecule has 0 amide bonds. The predicted octanol–water partition coefficient (Wildman–Crippen LogP) is 0.373. The first-order valence-electron chi connectivity index (χ1n) is 3.40. The molecule has 12 heavy (non-hydrogen) atoms. The monoisotopic (exact) mass is 223 g/mol. The average molecular weight is 222 g/mol. The van der Waals surface area contributed by atoms with Gasteiger partial charge in [0.25, 0.3) is 0 Å². The minimum atomic E-state index is -0.0959. The molecule has 1 N–H and O–H groups in total. The second-order valence-electron chi connectivity index (χ2n) is 2.25. The average Bonchev–Trinajstić information content (AvgIpc) is 2.50. The van der Waals surface area contributed by atoms with Gasteiger partial charge in [0.05, 0.1) is 0 Å². The Kier molecular flexibility index (Phi) is 1.83. The SMILES string of the molecule is N#C[Se]c1c[nH]c2ncccc12. The minimum absolute atomic E-state index is 0.0959. The number of nitriles is 1. The standard InChI is InChI=1S/C8H5N3Se/c9-5-12-7-4-11-8-6(7)2-1-3-10-8/h1-4H,(H,10,11). The summed E-state index contributed by atoms with van der Waals surface area (Å²) in [6.07, 6.45) is 3.60. The molecule has 2 aromatic heterocycles. The molecule has 0 fully saturated rings. The maximum atomic E-state index is 8.54. The van der Waals surface area contributed by atoms with Crippen LogP contribution in [-0.4, -0.2) is 24.9 Å². The fourth-order valence-electron chi connectivity index (χ4n) is 1.06. The zero-order valence-electron chi connectivity index (χ0n) is 6.11. The van der Waals surface area contributed by atoms with Crippen molar-refractivity contribution < 1.29 is 0 Å². The number of nitrogens with zero attached hydrogens (tertiary/aromatic N) is 2. The van der Waals surface area contributed by atoms with Crippen molar-refractivity contribution in [3.05, 3.63) is 24.5 Å². The summed E-state index contributed by atoms with van der Waals surface area (Å²) in [6.45, 7) is 0. The van der Waals surface area contributed by atoms with E-state index in [9.17, 15) is 0 Å². The molecular weight excluding hydrogens is 217 g/mol. The quantitative estimate of drug-likeness (QED) is 0.709. The Morgan fingerprint density at radius 1 is 1.58 bits per heavy atom. The van der Waals surface area contributed by atoms with Crippen LogP contribution in [0.4, 0.5) is 0 Å². The molecular formula is C8H5N3Se. The molecule has 0 aromatic carbocycles. The number of aromatic amines is 1. The Bertz CT molecular complexity index is 441. The Morgan fingerprint density at radius 3 is 3.33 bits per heavy atom. The fourth-order valence-corrected chi connectivity index (χ4v) is 2.09. The van der Waals surface area contributed by atoms with E-state index in [0.29, 0.717) is 0 Å². The molecule has 2 heterocycles. The molecule has 0 aliphatic rings. The number of nitrogens with one attached hydrogen (secondary N) is 1. The second-order valence-corrected chi connectivity index (χ2v) is 3.98. The molecule has 0 saturated carbocycles. The van der Waals surface area contributed by atoms with Gasteiger partial charge < -0.3 is 0 Å². The molecule has 4 heteroatoms. The van der Waals surface area contributed by atoms with Gasteiger partial charge in [-0.05, 0) is 0 Å². The van der Waals surface area contributed by atoms with E-state index in [0.717, 1.165) is 15.5 Å². The molecule has 2 rings (SSSR count). The van der Waals surface area contributed by atoms with Gasteiger partial charge >= 0.3 is 75.2 Å². The fraction of sp³-hybridized carbons (Fsp3) is 0. The number of fused-ring (bicyclic) bond motifs is 1. The van der Waals surface area contributed by atoms with Crippen molar-refractivity contribution >= 4 is 30.5 Å².